The van der Waals surface area contributed by atoms with Gasteiger partial charge in [0.05, 0.1) is 12.0 Å². The summed E-state index contributed by atoms with van der Waals surface area (Å²) in [7, 11) is -2.04. The Kier molecular flexibility index (Phi) is 9.42. The summed E-state index contributed by atoms with van der Waals surface area (Å²) in [5.74, 6) is -1.52. The highest BCUT2D eigenvalue weighted by Crippen LogP contribution is 2.37. The van der Waals surface area contributed by atoms with Gasteiger partial charge in [-0.25, -0.2) is 0 Å². The molecule has 29 heavy (non-hydrogen) atoms. The second-order valence-electron chi connectivity index (χ2n) is 10.2. The van der Waals surface area contributed by atoms with Gasteiger partial charge in [0.25, 0.3) is 0 Å². The van der Waals surface area contributed by atoms with Crippen LogP contribution >= 0.6 is 0 Å². The van der Waals surface area contributed by atoms with Crippen LogP contribution in [0.2, 0.25) is 18.1 Å². The van der Waals surface area contributed by atoms with Gasteiger partial charge in [0.15, 0.2) is 8.32 Å². The molecule has 0 aliphatic rings. The van der Waals surface area contributed by atoms with E-state index in [1.165, 1.54) is 0 Å². The quantitative estimate of drug-likeness (QED) is 0.404. The van der Waals surface area contributed by atoms with Gasteiger partial charge in [0, 0.05) is 18.0 Å². The number of carboxylic acids is 1. The molecule has 0 radical (unpaired) electrons. The minimum absolute atomic E-state index is 0.0193. The smallest absolute Gasteiger partial charge is 0.308 e. The highest BCUT2D eigenvalue weighted by atomic mass is 32.2. The molecule has 1 aromatic rings. The Bertz CT molecular complexity index is 640. The number of hydrogen-bond acceptors (Lipinski definition) is 4. The van der Waals surface area contributed by atoms with Gasteiger partial charge < -0.3 is 14.1 Å². The number of benzene rings is 1. The Balaban J connectivity index is 2.95. The summed E-state index contributed by atoms with van der Waals surface area (Å²) >= 11 is -1.28. The van der Waals surface area contributed by atoms with Gasteiger partial charge in [-0.2, -0.15) is 0 Å². The number of nitrogens with one attached hydrogen (secondary N) is 1. The molecule has 0 saturated carbocycles. The van der Waals surface area contributed by atoms with Crippen LogP contribution in [0.15, 0.2) is 30.3 Å². The molecule has 2 N–H and O–H groups in total. The van der Waals surface area contributed by atoms with E-state index in [9.17, 15) is 14.5 Å². The fourth-order valence-electron chi connectivity index (χ4n) is 2.51. The predicted molar refractivity (Wildman–Crippen MR) is 124 cm³/mol. The van der Waals surface area contributed by atoms with Crippen molar-refractivity contribution in [2.75, 3.05) is 6.61 Å². The second-order valence-corrected chi connectivity index (χ2v) is 17.0. The summed E-state index contributed by atoms with van der Waals surface area (Å²) in [6, 6.07) is 9.67. The van der Waals surface area contributed by atoms with Gasteiger partial charge in [0.2, 0.25) is 0 Å². The molecule has 0 heterocycles. The fraction of sp³-hybridized carbons (Fsp3) is 0.682. The Morgan fingerprint density at radius 1 is 1.17 bits per heavy atom. The molecule has 7 heteroatoms. The van der Waals surface area contributed by atoms with Crippen LogP contribution in [0.1, 0.15) is 53.5 Å². The van der Waals surface area contributed by atoms with Crippen LogP contribution in [0.4, 0.5) is 0 Å². The van der Waals surface area contributed by atoms with Crippen molar-refractivity contribution < 1.29 is 18.9 Å². The first kappa shape index (κ1) is 26.2. The molecular formula is C22H39NO4SSi. The summed E-state index contributed by atoms with van der Waals surface area (Å²) in [5, 5.41) is 9.83. The van der Waals surface area contributed by atoms with Crippen molar-refractivity contribution in [3.05, 3.63) is 35.9 Å². The van der Waals surface area contributed by atoms with Crippen molar-refractivity contribution in [1.82, 2.24) is 4.72 Å². The van der Waals surface area contributed by atoms with Gasteiger partial charge in [-0.3, -0.25) is 4.79 Å². The minimum Gasteiger partial charge on any atom is -0.598 e. The minimum atomic E-state index is -2.04. The van der Waals surface area contributed by atoms with Crippen molar-refractivity contribution in [3.8, 4) is 0 Å². The molecule has 0 aromatic heterocycles. The molecule has 0 bridgehead atoms. The maximum atomic E-state index is 12.7. The van der Waals surface area contributed by atoms with Crippen LogP contribution in [-0.2, 0) is 27.0 Å². The molecule has 0 fully saturated rings. The zero-order chi connectivity index (χ0) is 22.5. The van der Waals surface area contributed by atoms with E-state index in [4.69, 9.17) is 4.43 Å². The first-order chi connectivity index (χ1) is 13.1. The van der Waals surface area contributed by atoms with Crippen LogP contribution in [0.5, 0.6) is 0 Å². The monoisotopic (exact) mass is 441 g/mol. The van der Waals surface area contributed by atoms with Crippen LogP contribution in [0.25, 0.3) is 0 Å². The number of rotatable bonds is 10. The van der Waals surface area contributed by atoms with Crippen LogP contribution in [0, 0.1) is 5.92 Å². The zero-order valence-electron chi connectivity index (χ0n) is 19.2. The second kappa shape index (κ2) is 10.4. The van der Waals surface area contributed by atoms with Crippen LogP contribution in [0.3, 0.4) is 0 Å². The maximum absolute atomic E-state index is 12.7. The Morgan fingerprint density at radius 2 is 1.72 bits per heavy atom. The molecule has 0 aliphatic carbocycles. The molecule has 1 aromatic carbocycles. The third-order valence-electron chi connectivity index (χ3n) is 5.52. The summed E-state index contributed by atoms with van der Waals surface area (Å²) in [6.07, 6.45) is 0.979. The summed E-state index contributed by atoms with van der Waals surface area (Å²) in [4.78, 5) is 12.0. The summed E-state index contributed by atoms with van der Waals surface area (Å²) < 4.78 is 21.6. The van der Waals surface area contributed by atoms with Gasteiger partial charge in [-0.15, -0.1) is 4.72 Å². The SMILES string of the molecule is CC(C)(C)[S+]([O-])N[C@@H](Cc1ccccc1)CC(CO[Si](C)(C)C(C)(C)C)C(=O)O. The topological polar surface area (TPSA) is 81.6 Å². The molecule has 2 unspecified atom stereocenters. The fourth-order valence-corrected chi connectivity index (χ4v) is 4.40. The zero-order valence-corrected chi connectivity index (χ0v) is 21.1. The first-order valence-electron chi connectivity index (χ1n) is 10.2. The normalized spacial score (nSPS) is 16.3. The van der Waals surface area contributed by atoms with Crippen molar-refractivity contribution >= 4 is 25.6 Å². The largest absolute Gasteiger partial charge is 0.598 e. The highest BCUT2D eigenvalue weighted by molar-refractivity contribution is 7.90. The van der Waals surface area contributed by atoms with Gasteiger partial charge >= 0.3 is 5.97 Å². The summed E-state index contributed by atoms with van der Waals surface area (Å²) in [6.45, 7) is 16.6. The average Bonchev–Trinajstić information content (AvgIpc) is 2.57. The van der Waals surface area contributed by atoms with E-state index in [-0.39, 0.29) is 17.7 Å². The van der Waals surface area contributed by atoms with Gasteiger partial charge in [-0.1, -0.05) is 51.1 Å². The molecule has 0 saturated heterocycles. The standard InChI is InChI=1S/C22H39NO4SSi/c1-21(2,3)28(26)23-19(14-17-12-10-9-11-13-17)15-18(20(24)25)16-27-29(7,8)22(4,5)6/h9-13,18-19,23H,14-16H2,1-8H3,(H,24,25)/t18?,19-,28?/m0/s1. The average molecular weight is 442 g/mol. The lowest BCUT2D eigenvalue weighted by Gasteiger charge is -2.37. The number of aliphatic carboxylic acids is 1. The lowest BCUT2D eigenvalue weighted by Crippen LogP contribution is -2.47. The van der Waals surface area contributed by atoms with Crippen LogP contribution in [-0.4, -0.2) is 41.3 Å². The molecule has 3 atom stereocenters. The first-order valence-corrected chi connectivity index (χ1v) is 14.3. The van der Waals surface area contributed by atoms with Crippen molar-refractivity contribution in [1.29, 1.82) is 0 Å². The van der Waals surface area contributed by atoms with E-state index in [0.717, 1.165) is 5.56 Å². The molecule has 0 spiro atoms. The van der Waals surface area contributed by atoms with Crippen molar-refractivity contribution in [2.24, 2.45) is 5.92 Å². The molecular weight excluding hydrogens is 402 g/mol. The third kappa shape index (κ3) is 8.80. The van der Waals surface area contributed by atoms with E-state index in [2.05, 4.69) is 38.6 Å². The Morgan fingerprint density at radius 3 is 2.17 bits per heavy atom. The van der Waals surface area contributed by atoms with Gasteiger partial charge in [-0.05, 0) is 57.3 Å². The summed E-state index contributed by atoms with van der Waals surface area (Å²) in [5.41, 5.74) is 1.09. The van der Waals surface area contributed by atoms with Gasteiger partial charge in [0.1, 0.15) is 4.75 Å². The number of carbonyl (C=O) groups is 1. The number of carboxylic acid groups (broad SMARTS) is 1. The van der Waals surface area contributed by atoms with Crippen LogP contribution < -0.4 is 4.72 Å². The Hall–Kier alpha value is -0.863. The molecule has 166 valence electrons. The van der Waals surface area contributed by atoms with E-state index in [1.807, 2.05) is 51.1 Å². The number of hydrogen-bond donors (Lipinski definition) is 2. The van der Waals surface area contributed by atoms with E-state index in [1.54, 1.807) is 0 Å². The molecule has 5 nitrogen and oxygen atoms in total. The van der Waals surface area contributed by atoms with E-state index >= 15 is 0 Å². The van der Waals surface area contributed by atoms with Crippen molar-refractivity contribution in [3.63, 3.8) is 0 Å². The predicted octanol–water partition coefficient (Wildman–Crippen LogP) is 4.76. The third-order valence-corrected chi connectivity index (χ3v) is 11.7. The lowest BCUT2D eigenvalue weighted by atomic mass is 9.96. The van der Waals surface area contributed by atoms with Crippen molar-refractivity contribution in [2.45, 2.75) is 83.3 Å². The lowest BCUT2D eigenvalue weighted by molar-refractivity contribution is -0.143. The molecule has 1 rings (SSSR count). The Labute approximate surface area is 181 Å². The highest BCUT2D eigenvalue weighted by Gasteiger charge is 2.39. The maximum Gasteiger partial charge on any atom is 0.308 e. The van der Waals surface area contributed by atoms with E-state index < -0.39 is 36.3 Å². The molecule has 0 aliphatic heterocycles. The van der Waals surface area contributed by atoms with E-state index in [0.29, 0.717) is 12.8 Å². The molecule has 0 amide bonds.